The van der Waals surface area contributed by atoms with Gasteiger partial charge in [0.2, 0.25) is 11.8 Å². The normalized spacial score (nSPS) is 18.8. The lowest BCUT2D eigenvalue weighted by Gasteiger charge is -2.42. The fourth-order valence-corrected chi connectivity index (χ4v) is 4.07. The molecule has 7 heteroatoms. The summed E-state index contributed by atoms with van der Waals surface area (Å²) in [6.45, 7) is 0.748. The molecule has 0 aliphatic carbocycles. The van der Waals surface area contributed by atoms with E-state index in [4.69, 9.17) is 0 Å². The Bertz CT molecular complexity index is 825. The lowest BCUT2D eigenvalue weighted by atomic mass is 10.1. The van der Waals surface area contributed by atoms with Crippen LogP contribution in [0, 0.1) is 5.82 Å². The van der Waals surface area contributed by atoms with Gasteiger partial charge in [0.15, 0.2) is 0 Å². The number of benzene rings is 1. The first-order valence-electron chi connectivity index (χ1n) is 7.36. The van der Waals surface area contributed by atoms with Crippen LogP contribution in [-0.4, -0.2) is 46.7 Å². The maximum atomic E-state index is 13.2. The van der Waals surface area contributed by atoms with Crippen molar-refractivity contribution in [2.24, 2.45) is 0 Å². The molecular weight excluding hydrogens is 319 g/mol. The van der Waals surface area contributed by atoms with E-state index in [9.17, 15) is 18.8 Å². The van der Waals surface area contributed by atoms with Crippen LogP contribution < -0.4 is 0 Å². The van der Waals surface area contributed by atoms with Crippen molar-refractivity contribution in [3.63, 3.8) is 0 Å². The molecular formula is C16H13FN2O3S. The van der Waals surface area contributed by atoms with Crippen LogP contribution in [0.4, 0.5) is 4.39 Å². The summed E-state index contributed by atoms with van der Waals surface area (Å²) in [6, 6.07) is 5.92. The van der Waals surface area contributed by atoms with Crippen molar-refractivity contribution in [2.45, 2.75) is 18.9 Å². The number of imide groups is 1. The number of halogens is 1. The third kappa shape index (κ3) is 2.31. The van der Waals surface area contributed by atoms with E-state index >= 15 is 0 Å². The lowest BCUT2D eigenvalue weighted by molar-refractivity contribution is -0.144. The van der Waals surface area contributed by atoms with Crippen molar-refractivity contribution in [3.8, 4) is 0 Å². The summed E-state index contributed by atoms with van der Waals surface area (Å²) in [4.78, 5) is 39.3. The minimum Gasteiger partial charge on any atom is -0.334 e. The molecule has 2 saturated heterocycles. The highest BCUT2D eigenvalue weighted by atomic mass is 32.1. The molecule has 5 nitrogen and oxygen atoms in total. The summed E-state index contributed by atoms with van der Waals surface area (Å²) in [5, 5.41) is 0.709. The van der Waals surface area contributed by atoms with Gasteiger partial charge in [0.25, 0.3) is 5.91 Å². The number of fused-ring (bicyclic) bond motifs is 1. The topological polar surface area (TPSA) is 57.7 Å². The van der Waals surface area contributed by atoms with Gasteiger partial charge in [0.1, 0.15) is 5.82 Å². The number of amides is 3. The highest BCUT2D eigenvalue weighted by molar-refractivity contribution is 7.20. The molecule has 0 radical (unpaired) electrons. The summed E-state index contributed by atoms with van der Waals surface area (Å²) < 4.78 is 14.1. The second kappa shape index (κ2) is 5.13. The van der Waals surface area contributed by atoms with Crippen LogP contribution in [-0.2, 0) is 9.59 Å². The van der Waals surface area contributed by atoms with Crippen LogP contribution in [0.15, 0.2) is 24.3 Å². The first-order chi connectivity index (χ1) is 11.0. The van der Waals surface area contributed by atoms with Crippen LogP contribution in [0.25, 0.3) is 10.1 Å². The van der Waals surface area contributed by atoms with Gasteiger partial charge in [-0.1, -0.05) is 0 Å². The van der Waals surface area contributed by atoms with Gasteiger partial charge in [-0.05, 0) is 29.7 Å². The molecule has 0 spiro atoms. The van der Waals surface area contributed by atoms with Crippen molar-refractivity contribution in [2.75, 3.05) is 13.1 Å². The third-order valence-corrected chi connectivity index (χ3v) is 5.40. The number of carbonyl (C=O) groups excluding carboxylic acids is 3. The quantitative estimate of drug-likeness (QED) is 0.791. The Balaban J connectivity index is 1.48. The SMILES string of the molecule is O=C(c1cc2cc(F)ccc2s1)N1CC(N2C(=O)CCC2=O)C1. The molecule has 2 aliphatic rings. The number of likely N-dealkylation sites (tertiary alicyclic amines) is 2. The third-order valence-electron chi connectivity index (χ3n) is 4.29. The summed E-state index contributed by atoms with van der Waals surface area (Å²) in [7, 11) is 0. The Morgan fingerprint density at radius 1 is 1.13 bits per heavy atom. The summed E-state index contributed by atoms with van der Waals surface area (Å²) in [5.41, 5.74) is 0. The first kappa shape index (κ1) is 14.3. The number of rotatable bonds is 2. The van der Waals surface area contributed by atoms with E-state index in [-0.39, 0.29) is 42.4 Å². The molecule has 1 aromatic heterocycles. The fourth-order valence-electron chi connectivity index (χ4n) is 3.06. The highest BCUT2D eigenvalue weighted by Crippen LogP contribution is 2.29. The number of hydrogen-bond donors (Lipinski definition) is 0. The first-order valence-corrected chi connectivity index (χ1v) is 8.18. The smallest absolute Gasteiger partial charge is 0.264 e. The van der Waals surface area contributed by atoms with Gasteiger partial charge >= 0.3 is 0 Å². The van der Waals surface area contributed by atoms with Crippen molar-refractivity contribution >= 4 is 39.1 Å². The number of hydrogen-bond acceptors (Lipinski definition) is 4. The second-order valence-corrected chi connectivity index (χ2v) is 6.90. The zero-order valence-corrected chi connectivity index (χ0v) is 12.9. The predicted octanol–water partition coefficient (Wildman–Crippen LogP) is 2.01. The van der Waals surface area contributed by atoms with E-state index in [1.807, 2.05) is 0 Å². The Hall–Kier alpha value is -2.28. The highest BCUT2D eigenvalue weighted by Gasteiger charge is 2.43. The molecule has 23 heavy (non-hydrogen) atoms. The van der Waals surface area contributed by atoms with Crippen LogP contribution in [0.2, 0.25) is 0 Å². The molecule has 2 aliphatic heterocycles. The molecule has 0 saturated carbocycles. The van der Waals surface area contributed by atoms with Crippen LogP contribution in [0.1, 0.15) is 22.5 Å². The van der Waals surface area contributed by atoms with E-state index < -0.39 is 0 Å². The Kier molecular flexibility index (Phi) is 3.19. The van der Waals surface area contributed by atoms with E-state index in [2.05, 4.69) is 0 Å². The molecule has 0 unspecified atom stereocenters. The van der Waals surface area contributed by atoms with Gasteiger partial charge in [-0.25, -0.2) is 4.39 Å². The zero-order valence-electron chi connectivity index (χ0n) is 12.1. The monoisotopic (exact) mass is 332 g/mol. The van der Waals surface area contributed by atoms with E-state index in [0.29, 0.717) is 23.4 Å². The lowest BCUT2D eigenvalue weighted by Crippen LogP contribution is -2.62. The van der Waals surface area contributed by atoms with Crippen molar-refractivity contribution in [1.82, 2.24) is 9.80 Å². The molecule has 1 aromatic carbocycles. The van der Waals surface area contributed by atoms with Gasteiger partial charge in [-0.15, -0.1) is 11.3 Å². The van der Waals surface area contributed by atoms with E-state index in [1.54, 1.807) is 17.0 Å². The average Bonchev–Trinajstić information content (AvgIpc) is 3.02. The van der Waals surface area contributed by atoms with Crippen molar-refractivity contribution < 1.29 is 18.8 Å². The minimum absolute atomic E-state index is 0.137. The largest absolute Gasteiger partial charge is 0.334 e. The van der Waals surface area contributed by atoms with Crippen molar-refractivity contribution in [3.05, 3.63) is 35.0 Å². The standard InChI is InChI=1S/C16H13FN2O3S/c17-10-1-2-12-9(5-10)6-13(23-12)16(22)18-7-11(8-18)19-14(20)3-4-15(19)21/h1-2,5-6,11H,3-4,7-8H2. The molecule has 2 aromatic rings. The molecule has 118 valence electrons. The fraction of sp³-hybridized carbons (Fsp3) is 0.312. The van der Waals surface area contributed by atoms with Gasteiger partial charge in [0.05, 0.1) is 10.9 Å². The summed E-state index contributed by atoms with van der Waals surface area (Å²) in [5.74, 6) is -0.764. The Morgan fingerprint density at radius 3 is 2.52 bits per heavy atom. The van der Waals surface area contributed by atoms with E-state index in [0.717, 1.165) is 4.70 Å². The maximum absolute atomic E-state index is 13.2. The molecule has 0 N–H and O–H groups in total. The summed E-state index contributed by atoms with van der Waals surface area (Å²) >= 11 is 1.32. The maximum Gasteiger partial charge on any atom is 0.264 e. The molecule has 3 heterocycles. The van der Waals surface area contributed by atoms with Crippen LogP contribution >= 0.6 is 11.3 Å². The minimum atomic E-state index is -0.329. The zero-order chi connectivity index (χ0) is 16.1. The van der Waals surface area contributed by atoms with Gasteiger partial charge in [0, 0.05) is 30.6 Å². The van der Waals surface area contributed by atoms with Crippen LogP contribution in [0.3, 0.4) is 0 Å². The summed E-state index contributed by atoms with van der Waals surface area (Å²) in [6.07, 6.45) is 0.538. The molecule has 3 amide bonds. The molecule has 2 fully saturated rings. The number of carbonyl (C=O) groups is 3. The average molecular weight is 332 g/mol. The number of nitrogens with zero attached hydrogens (tertiary/aromatic N) is 2. The van der Waals surface area contributed by atoms with Gasteiger partial charge in [-0.3, -0.25) is 19.3 Å². The van der Waals surface area contributed by atoms with Gasteiger partial charge in [-0.2, -0.15) is 0 Å². The molecule has 0 atom stereocenters. The predicted molar refractivity (Wildman–Crippen MR) is 82.6 cm³/mol. The molecule has 4 rings (SSSR count). The Labute approximate surface area is 135 Å². The van der Waals surface area contributed by atoms with Crippen LogP contribution in [0.5, 0.6) is 0 Å². The Morgan fingerprint density at radius 2 is 1.83 bits per heavy atom. The van der Waals surface area contributed by atoms with E-state index in [1.165, 1.54) is 28.4 Å². The van der Waals surface area contributed by atoms with Crippen molar-refractivity contribution in [1.29, 1.82) is 0 Å². The van der Waals surface area contributed by atoms with Gasteiger partial charge < -0.3 is 4.90 Å². The second-order valence-electron chi connectivity index (χ2n) is 5.81. The molecule has 0 bridgehead atoms. The number of thiophene rings is 1.